The maximum absolute atomic E-state index is 10.6. The van der Waals surface area contributed by atoms with Crippen molar-refractivity contribution in [1.82, 2.24) is 19.6 Å². The van der Waals surface area contributed by atoms with E-state index in [9.17, 15) is 26.3 Å². The highest BCUT2D eigenvalue weighted by Crippen LogP contribution is 2.28. The number of nitrogens with zero attached hydrogens (tertiary/aromatic N) is 4. The number of fused-ring (bicyclic) bond motifs is 2. The van der Waals surface area contributed by atoms with Gasteiger partial charge < -0.3 is 14.9 Å². The van der Waals surface area contributed by atoms with E-state index in [0.717, 1.165) is 44.4 Å². The van der Waals surface area contributed by atoms with Crippen LogP contribution in [0.2, 0.25) is 0 Å². The van der Waals surface area contributed by atoms with Gasteiger partial charge in [-0.25, -0.2) is 19.1 Å². The maximum atomic E-state index is 10.6. The fourth-order valence-electron chi connectivity index (χ4n) is 3.26. The third-order valence-corrected chi connectivity index (χ3v) is 5.22. The number of rotatable bonds is 3. The van der Waals surface area contributed by atoms with Crippen LogP contribution >= 0.6 is 0 Å². The zero-order chi connectivity index (χ0) is 30.4. The summed E-state index contributed by atoms with van der Waals surface area (Å²) in [5, 5.41) is 21.0. The molecule has 0 saturated heterocycles. The Morgan fingerprint density at radius 2 is 1.37 bits per heavy atom. The second kappa shape index (κ2) is 12.3. The first-order chi connectivity index (χ1) is 19.2. The molecule has 9 nitrogen and oxygen atoms in total. The van der Waals surface area contributed by atoms with Crippen molar-refractivity contribution in [3.8, 4) is 28.0 Å². The molecule has 2 N–H and O–H groups in total. The fourth-order valence-corrected chi connectivity index (χ4v) is 3.26. The molecule has 3 heterocycles. The molecule has 0 bridgehead atoms. The number of hydrogen-bond donors (Lipinski definition) is 2. The van der Waals surface area contributed by atoms with Crippen LogP contribution in [0.25, 0.3) is 38.7 Å². The number of methoxy groups -OCH3 is 1. The molecule has 3 aromatic heterocycles. The second-order valence-corrected chi connectivity index (χ2v) is 7.94. The van der Waals surface area contributed by atoms with Gasteiger partial charge >= 0.3 is 24.3 Å². The van der Waals surface area contributed by atoms with Crippen molar-refractivity contribution in [3.63, 3.8) is 0 Å². The van der Waals surface area contributed by atoms with Crippen molar-refractivity contribution < 1.29 is 50.9 Å². The Labute approximate surface area is 226 Å². The Kier molecular flexibility index (Phi) is 9.11. The van der Waals surface area contributed by atoms with Crippen LogP contribution < -0.4 is 4.74 Å². The summed E-state index contributed by atoms with van der Waals surface area (Å²) in [6.45, 7) is 0. The van der Waals surface area contributed by atoms with Crippen molar-refractivity contribution in [2.24, 2.45) is 0 Å². The molecule has 0 radical (unpaired) electrons. The number of ether oxygens (including phenoxy) is 1. The number of halogens is 6. The van der Waals surface area contributed by atoms with E-state index in [4.69, 9.17) is 24.5 Å². The molecule has 41 heavy (non-hydrogen) atoms. The molecular formula is C26H18F6N4O5. The first-order valence-corrected chi connectivity index (χ1v) is 11.1. The minimum Gasteiger partial charge on any atom is -0.497 e. The van der Waals surface area contributed by atoms with Gasteiger partial charge in [-0.3, -0.25) is 4.98 Å². The van der Waals surface area contributed by atoms with Gasteiger partial charge in [-0.05, 0) is 40.8 Å². The summed E-state index contributed by atoms with van der Waals surface area (Å²) in [6.07, 6.45) is -0.745. The first kappa shape index (κ1) is 30.3. The quantitative estimate of drug-likeness (QED) is 0.253. The molecule has 0 unspecified atom stereocenters. The number of aromatic nitrogens is 4. The molecule has 5 aromatic rings. The molecular weight excluding hydrogens is 562 g/mol. The van der Waals surface area contributed by atoms with Crippen LogP contribution in [-0.2, 0) is 9.59 Å². The number of hydrogen-bond acceptors (Lipinski definition) is 6. The van der Waals surface area contributed by atoms with Crippen molar-refractivity contribution in [2.75, 3.05) is 7.11 Å². The lowest BCUT2D eigenvalue weighted by atomic mass is 10.0. The van der Waals surface area contributed by atoms with E-state index in [1.165, 1.54) is 0 Å². The number of carboxylic acids is 2. The van der Waals surface area contributed by atoms with E-state index in [1.807, 2.05) is 65.8 Å². The van der Waals surface area contributed by atoms with Gasteiger partial charge in [0, 0.05) is 41.3 Å². The lowest BCUT2D eigenvalue weighted by Crippen LogP contribution is -2.21. The number of carboxylic acid groups (broad SMARTS) is 2. The van der Waals surface area contributed by atoms with E-state index in [2.05, 4.69) is 33.3 Å². The average Bonchev–Trinajstić information content (AvgIpc) is 3.36. The average molecular weight is 580 g/mol. The number of aliphatic carboxylic acids is 2. The molecule has 0 aliphatic rings. The predicted molar refractivity (Wildman–Crippen MR) is 133 cm³/mol. The Morgan fingerprint density at radius 1 is 0.780 bits per heavy atom. The molecule has 15 heteroatoms. The van der Waals surface area contributed by atoms with Crippen molar-refractivity contribution >= 4 is 28.4 Å². The number of alkyl halides is 6. The normalized spacial score (nSPS) is 11.2. The van der Waals surface area contributed by atoms with Gasteiger partial charge in [-0.2, -0.15) is 31.4 Å². The van der Waals surface area contributed by atoms with E-state index in [0.29, 0.717) is 0 Å². The topological polar surface area (TPSA) is 127 Å². The van der Waals surface area contributed by atoms with Gasteiger partial charge in [0.25, 0.3) is 0 Å². The summed E-state index contributed by atoms with van der Waals surface area (Å²) in [4.78, 5) is 26.6. The maximum Gasteiger partial charge on any atom is 0.490 e. The van der Waals surface area contributed by atoms with E-state index in [1.54, 1.807) is 7.11 Å². The molecule has 0 atom stereocenters. The van der Waals surface area contributed by atoms with E-state index in [-0.39, 0.29) is 0 Å². The largest absolute Gasteiger partial charge is 0.497 e. The van der Waals surface area contributed by atoms with Gasteiger partial charge in [-0.15, -0.1) is 0 Å². The minimum atomic E-state index is -5.08. The summed E-state index contributed by atoms with van der Waals surface area (Å²) in [7, 11) is 1.66. The van der Waals surface area contributed by atoms with Gasteiger partial charge in [-0.1, -0.05) is 24.3 Å². The SMILES string of the molecule is COc1ccc(-c2cnc3c(-c4ccc5cnccc5c4)cnn3c2)cc1.O=C(O)C(F)(F)F.O=C(O)C(F)(F)F. The molecule has 0 aliphatic heterocycles. The lowest BCUT2D eigenvalue weighted by Gasteiger charge is -2.05. The minimum absolute atomic E-state index is 0.834. The summed E-state index contributed by atoms with van der Waals surface area (Å²) in [5.74, 6) is -4.68. The molecule has 0 amide bonds. The Balaban J connectivity index is 0.000000276. The van der Waals surface area contributed by atoms with E-state index < -0.39 is 24.3 Å². The number of benzene rings is 2. The van der Waals surface area contributed by atoms with Gasteiger partial charge in [0.1, 0.15) is 5.75 Å². The van der Waals surface area contributed by atoms with Crippen LogP contribution in [0.4, 0.5) is 26.3 Å². The highest BCUT2D eigenvalue weighted by molar-refractivity contribution is 5.89. The smallest absolute Gasteiger partial charge is 0.490 e. The third kappa shape index (κ3) is 7.90. The second-order valence-electron chi connectivity index (χ2n) is 7.94. The van der Waals surface area contributed by atoms with Crippen LogP contribution in [-0.4, -0.2) is 61.2 Å². The monoisotopic (exact) mass is 580 g/mol. The molecule has 5 rings (SSSR count). The molecule has 214 valence electrons. The van der Waals surface area contributed by atoms with E-state index >= 15 is 0 Å². The Hall–Kier alpha value is -5.21. The fraction of sp³-hybridized carbons (Fsp3) is 0.115. The highest BCUT2D eigenvalue weighted by atomic mass is 19.4. The lowest BCUT2D eigenvalue weighted by molar-refractivity contribution is -0.193. The highest BCUT2D eigenvalue weighted by Gasteiger charge is 2.38. The molecule has 2 aromatic carbocycles. The summed E-state index contributed by atoms with van der Waals surface area (Å²) in [6, 6.07) is 16.2. The van der Waals surface area contributed by atoms with Crippen LogP contribution in [0, 0.1) is 0 Å². The Bertz CT molecular complexity index is 1640. The van der Waals surface area contributed by atoms with Crippen LogP contribution in [0.1, 0.15) is 0 Å². The molecule has 0 spiro atoms. The summed E-state index contributed by atoms with van der Waals surface area (Å²) >= 11 is 0. The first-order valence-electron chi connectivity index (χ1n) is 11.1. The van der Waals surface area contributed by atoms with Crippen molar-refractivity contribution in [2.45, 2.75) is 12.4 Å². The number of pyridine rings is 1. The van der Waals surface area contributed by atoms with Crippen molar-refractivity contribution in [3.05, 3.63) is 79.5 Å². The van der Waals surface area contributed by atoms with Crippen molar-refractivity contribution in [1.29, 1.82) is 0 Å². The summed E-state index contributed by atoms with van der Waals surface area (Å²) < 4.78 is 70.5. The predicted octanol–water partition coefficient (Wildman–Crippen LogP) is 5.89. The zero-order valence-corrected chi connectivity index (χ0v) is 20.7. The van der Waals surface area contributed by atoms with Gasteiger partial charge in [0.2, 0.25) is 0 Å². The van der Waals surface area contributed by atoms with Crippen LogP contribution in [0.5, 0.6) is 5.75 Å². The van der Waals surface area contributed by atoms with Crippen LogP contribution in [0.3, 0.4) is 0 Å². The molecule has 0 saturated carbocycles. The molecule has 0 fully saturated rings. The zero-order valence-electron chi connectivity index (χ0n) is 20.7. The third-order valence-electron chi connectivity index (χ3n) is 5.22. The Morgan fingerprint density at radius 3 is 1.93 bits per heavy atom. The summed E-state index contributed by atoms with van der Waals surface area (Å²) in [5.41, 5.74) is 5.01. The van der Waals surface area contributed by atoms with Crippen LogP contribution in [0.15, 0.2) is 79.5 Å². The number of carbonyl (C=O) groups is 2. The van der Waals surface area contributed by atoms with Gasteiger partial charge in [0.15, 0.2) is 5.65 Å². The molecule has 0 aliphatic carbocycles. The van der Waals surface area contributed by atoms with Gasteiger partial charge in [0.05, 0.1) is 13.3 Å². The standard InChI is InChI=1S/C22H16N4O.2C2HF3O2/c1-27-20-6-4-15(5-7-20)19-12-24-22-21(13-25-26(22)14-19)17-2-3-18-11-23-9-8-16(18)10-17;2*3-2(4,5)1(6)7/h2-14H,1H3;2*(H,6,7).